The Labute approximate surface area is 82.6 Å². The summed E-state index contributed by atoms with van der Waals surface area (Å²) < 4.78 is 0. The zero-order valence-corrected chi connectivity index (χ0v) is 8.57. The van der Waals surface area contributed by atoms with Crippen LogP contribution in [-0.4, -0.2) is 28.9 Å². The highest BCUT2D eigenvalue weighted by molar-refractivity contribution is 5.93. The van der Waals surface area contributed by atoms with E-state index in [1.807, 2.05) is 13.8 Å². The van der Waals surface area contributed by atoms with Crippen LogP contribution in [0, 0.1) is 0 Å². The van der Waals surface area contributed by atoms with Crippen molar-refractivity contribution in [2.24, 2.45) is 0 Å². The number of amides is 1. The fraction of sp³-hybridized carbons (Fsp3) is 0.400. The van der Waals surface area contributed by atoms with Crippen molar-refractivity contribution in [2.75, 3.05) is 7.05 Å². The molecule has 0 bridgehead atoms. The number of aromatic nitrogens is 1. The summed E-state index contributed by atoms with van der Waals surface area (Å²) in [6, 6.07) is 3.03. The highest BCUT2D eigenvalue weighted by atomic mass is 16.2. The second kappa shape index (κ2) is 4.09. The van der Waals surface area contributed by atoms with E-state index in [2.05, 4.69) is 4.98 Å². The first kappa shape index (κ1) is 10.5. The lowest BCUT2D eigenvalue weighted by Crippen LogP contribution is -2.33. The SMILES string of the molecule is CC(C)N(C)C(=O)c1cc[nH]c(=O)c1. The van der Waals surface area contributed by atoms with Crippen LogP contribution in [0.3, 0.4) is 0 Å². The Balaban J connectivity index is 2.95. The Morgan fingerprint density at radius 2 is 2.14 bits per heavy atom. The van der Waals surface area contributed by atoms with Crippen LogP contribution >= 0.6 is 0 Å². The van der Waals surface area contributed by atoms with Gasteiger partial charge in [0, 0.05) is 30.9 Å². The van der Waals surface area contributed by atoms with Crippen LogP contribution in [0.15, 0.2) is 23.1 Å². The molecule has 1 rings (SSSR count). The summed E-state index contributed by atoms with van der Waals surface area (Å²) in [5.74, 6) is -0.133. The molecular formula is C10H14N2O2. The van der Waals surface area contributed by atoms with E-state index < -0.39 is 0 Å². The van der Waals surface area contributed by atoms with Crippen LogP contribution in [-0.2, 0) is 0 Å². The number of carbonyl (C=O) groups excluding carboxylic acids is 1. The van der Waals surface area contributed by atoms with Gasteiger partial charge in [0.15, 0.2) is 0 Å². The number of hydrogen-bond donors (Lipinski definition) is 1. The third-order valence-corrected chi connectivity index (χ3v) is 2.12. The van der Waals surface area contributed by atoms with Gasteiger partial charge >= 0.3 is 0 Å². The maximum atomic E-state index is 11.7. The lowest BCUT2D eigenvalue weighted by atomic mass is 10.2. The highest BCUT2D eigenvalue weighted by Gasteiger charge is 2.13. The van der Waals surface area contributed by atoms with Gasteiger partial charge < -0.3 is 9.88 Å². The summed E-state index contributed by atoms with van der Waals surface area (Å²) in [5.41, 5.74) is 0.165. The van der Waals surface area contributed by atoms with E-state index in [1.54, 1.807) is 18.0 Å². The van der Waals surface area contributed by atoms with Crippen LogP contribution in [0.2, 0.25) is 0 Å². The smallest absolute Gasteiger partial charge is 0.254 e. The number of aromatic amines is 1. The first-order chi connectivity index (χ1) is 6.52. The fourth-order valence-electron chi connectivity index (χ4n) is 1.02. The highest BCUT2D eigenvalue weighted by Crippen LogP contribution is 2.02. The quantitative estimate of drug-likeness (QED) is 0.759. The van der Waals surface area contributed by atoms with E-state index in [0.717, 1.165) is 0 Å². The molecule has 0 unspecified atom stereocenters. The number of H-pyrrole nitrogens is 1. The molecule has 0 atom stereocenters. The Hall–Kier alpha value is -1.58. The average molecular weight is 194 g/mol. The standard InChI is InChI=1S/C10H14N2O2/c1-7(2)12(3)10(14)8-4-5-11-9(13)6-8/h4-7H,1-3H3,(H,11,13). The molecule has 0 saturated carbocycles. The summed E-state index contributed by atoms with van der Waals surface area (Å²) in [4.78, 5) is 26.7. The second-order valence-corrected chi connectivity index (χ2v) is 3.45. The number of nitrogens with zero attached hydrogens (tertiary/aromatic N) is 1. The average Bonchev–Trinajstić information content (AvgIpc) is 2.15. The van der Waals surface area contributed by atoms with Gasteiger partial charge in [-0.15, -0.1) is 0 Å². The van der Waals surface area contributed by atoms with Crippen LogP contribution in [0.4, 0.5) is 0 Å². The van der Waals surface area contributed by atoms with Crippen LogP contribution in [0.1, 0.15) is 24.2 Å². The Kier molecular flexibility index (Phi) is 3.06. The number of hydrogen-bond acceptors (Lipinski definition) is 2. The third kappa shape index (κ3) is 2.22. The molecule has 0 radical (unpaired) electrons. The first-order valence-electron chi connectivity index (χ1n) is 4.48. The summed E-state index contributed by atoms with van der Waals surface area (Å²) in [6.45, 7) is 3.84. The molecule has 4 heteroatoms. The van der Waals surface area contributed by atoms with Gasteiger partial charge in [-0.1, -0.05) is 0 Å². The normalized spacial score (nSPS) is 10.3. The van der Waals surface area contributed by atoms with Crippen LogP contribution < -0.4 is 5.56 Å². The molecule has 1 aromatic rings. The minimum absolute atomic E-state index is 0.127. The maximum absolute atomic E-state index is 11.7. The summed E-state index contributed by atoms with van der Waals surface area (Å²) in [7, 11) is 1.72. The largest absolute Gasteiger partial charge is 0.339 e. The Morgan fingerprint density at radius 1 is 1.50 bits per heavy atom. The van der Waals surface area contributed by atoms with Gasteiger partial charge in [0.1, 0.15) is 0 Å². The van der Waals surface area contributed by atoms with Gasteiger partial charge in [-0.2, -0.15) is 0 Å². The summed E-state index contributed by atoms with van der Waals surface area (Å²) in [6.07, 6.45) is 1.48. The molecule has 0 aromatic carbocycles. The zero-order chi connectivity index (χ0) is 10.7. The molecule has 0 aliphatic heterocycles. The topological polar surface area (TPSA) is 53.2 Å². The van der Waals surface area contributed by atoms with Crippen LogP contribution in [0.5, 0.6) is 0 Å². The van der Waals surface area contributed by atoms with E-state index in [0.29, 0.717) is 5.56 Å². The molecular weight excluding hydrogens is 180 g/mol. The summed E-state index contributed by atoms with van der Waals surface area (Å²) in [5, 5.41) is 0. The predicted molar refractivity (Wildman–Crippen MR) is 54.3 cm³/mol. The Bertz CT molecular complexity index is 382. The number of nitrogens with one attached hydrogen (secondary N) is 1. The van der Waals surface area contributed by atoms with E-state index in [1.165, 1.54) is 12.3 Å². The minimum atomic E-state index is -0.256. The lowest BCUT2D eigenvalue weighted by molar-refractivity contribution is 0.0754. The molecule has 76 valence electrons. The molecule has 1 N–H and O–H groups in total. The van der Waals surface area contributed by atoms with Crippen molar-refractivity contribution in [3.05, 3.63) is 34.2 Å². The lowest BCUT2D eigenvalue weighted by Gasteiger charge is -2.21. The Morgan fingerprint density at radius 3 is 2.64 bits per heavy atom. The van der Waals surface area contributed by atoms with Crippen molar-refractivity contribution in [2.45, 2.75) is 19.9 Å². The number of carbonyl (C=O) groups is 1. The van der Waals surface area contributed by atoms with Gasteiger partial charge in [-0.05, 0) is 19.9 Å². The van der Waals surface area contributed by atoms with Gasteiger partial charge in [-0.3, -0.25) is 9.59 Å². The van der Waals surface area contributed by atoms with E-state index in [-0.39, 0.29) is 17.5 Å². The van der Waals surface area contributed by atoms with Gasteiger partial charge in [0.05, 0.1) is 0 Å². The van der Waals surface area contributed by atoms with Crippen LogP contribution in [0.25, 0.3) is 0 Å². The summed E-state index contributed by atoms with van der Waals surface area (Å²) >= 11 is 0. The minimum Gasteiger partial charge on any atom is -0.339 e. The number of pyridine rings is 1. The molecule has 0 aliphatic rings. The fourth-order valence-corrected chi connectivity index (χ4v) is 1.02. The van der Waals surface area contributed by atoms with Crippen molar-refractivity contribution in [1.82, 2.24) is 9.88 Å². The third-order valence-electron chi connectivity index (χ3n) is 2.12. The number of rotatable bonds is 2. The van der Waals surface area contributed by atoms with E-state index in [4.69, 9.17) is 0 Å². The molecule has 1 amide bonds. The van der Waals surface area contributed by atoms with Crippen molar-refractivity contribution in [3.63, 3.8) is 0 Å². The maximum Gasteiger partial charge on any atom is 0.254 e. The van der Waals surface area contributed by atoms with Crippen molar-refractivity contribution >= 4 is 5.91 Å². The predicted octanol–water partition coefficient (Wildman–Crippen LogP) is 0.855. The van der Waals surface area contributed by atoms with Crippen molar-refractivity contribution in [1.29, 1.82) is 0 Å². The second-order valence-electron chi connectivity index (χ2n) is 3.45. The molecule has 0 saturated heterocycles. The molecule has 1 aromatic heterocycles. The van der Waals surface area contributed by atoms with Gasteiger partial charge in [-0.25, -0.2) is 0 Å². The van der Waals surface area contributed by atoms with E-state index >= 15 is 0 Å². The first-order valence-corrected chi connectivity index (χ1v) is 4.48. The molecule has 14 heavy (non-hydrogen) atoms. The van der Waals surface area contributed by atoms with Crippen molar-refractivity contribution < 1.29 is 4.79 Å². The van der Waals surface area contributed by atoms with E-state index in [9.17, 15) is 9.59 Å². The monoisotopic (exact) mass is 194 g/mol. The van der Waals surface area contributed by atoms with Gasteiger partial charge in [0.2, 0.25) is 5.56 Å². The molecule has 0 aliphatic carbocycles. The molecule has 4 nitrogen and oxygen atoms in total. The van der Waals surface area contributed by atoms with Crippen molar-refractivity contribution in [3.8, 4) is 0 Å². The molecule has 0 fully saturated rings. The molecule has 0 spiro atoms. The zero-order valence-electron chi connectivity index (χ0n) is 8.57. The van der Waals surface area contributed by atoms with Gasteiger partial charge in [0.25, 0.3) is 5.91 Å². The molecule has 1 heterocycles.